The minimum Gasteiger partial charge on any atom is -0.352 e. The maximum Gasteiger partial charge on any atom is 0.244 e. The molecule has 20 heavy (non-hydrogen) atoms. The van der Waals surface area contributed by atoms with Crippen molar-refractivity contribution in [1.29, 1.82) is 0 Å². The van der Waals surface area contributed by atoms with E-state index in [2.05, 4.69) is 10.3 Å². The summed E-state index contributed by atoms with van der Waals surface area (Å²) < 4.78 is 12.7. The van der Waals surface area contributed by atoms with E-state index in [1.165, 1.54) is 18.2 Å². The van der Waals surface area contributed by atoms with E-state index in [4.69, 9.17) is 0 Å². The number of benzene rings is 1. The van der Waals surface area contributed by atoms with Gasteiger partial charge in [-0.1, -0.05) is 18.2 Å². The monoisotopic (exact) mass is 270 g/mol. The Morgan fingerprint density at radius 1 is 1.25 bits per heavy atom. The van der Waals surface area contributed by atoms with Crippen LogP contribution in [0.2, 0.25) is 0 Å². The predicted octanol–water partition coefficient (Wildman–Crippen LogP) is 2.59. The summed E-state index contributed by atoms with van der Waals surface area (Å²) in [5, 5.41) is 2.78. The summed E-state index contributed by atoms with van der Waals surface area (Å²) in [6, 6.07) is 9.94. The number of carbonyl (C=O) groups is 1. The van der Waals surface area contributed by atoms with Gasteiger partial charge < -0.3 is 5.32 Å². The fraction of sp³-hybridized carbons (Fsp3) is 0.125. The maximum atomic E-state index is 12.7. The summed E-state index contributed by atoms with van der Waals surface area (Å²) >= 11 is 0. The zero-order chi connectivity index (χ0) is 14.2. The van der Waals surface area contributed by atoms with Crippen LogP contribution in [0.25, 0.3) is 6.08 Å². The molecule has 1 N–H and O–H groups in total. The number of hydrogen-bond donors (Lipinski definition) is 1. The molecule has 2 aromatic rings. The normalized spacial score (nSPS) is 10.7. The molecule has 0 aliphatic rings. The van der Waals surface area contributed by atoms with E-state index in [9.17, 15) is 9.18 Å². The molecule has 2 rings (SSSR count). The number of pyridine rings is 1. The van der Waals surface area contributed by atoms with Crippen molar-refractivity contribution in [3.8, 4) is 0 Å². The lowest BCUT2D eigenvalue weighted by atomic mass is 10.1. The summed E-state index contributed by atoms with van der Waals surface area (Å²) in [6.45, 7) is 0.516. The SMILES string of the molecule is O=C(C=Cc1cccnc1)NCCc1ccc(F)cc1. The smallest absolute Gasteiger partial charge is 0.244 e. The van der Waals surface area contributed by atoms with Gasteiger partial charge in [-0.25, -0.2) is 4.39 Å². The first kappa shape index (κ1) is 13.9. The van der Waals surface area contributed by atoms with Crippen LogP contribution in [0.15, 0.2) is 54.9 Å². The molecule has 4 heteroatoms. The van der Waals surface area contributed by atoms with Crippen molar-refractivity contribution in [3.63, 3.8) is 0 Å². The topological polar surface area (TPSA) is 42.0 Å². The van der Waals surface area contributed by atoms with Gasteiger partial charge in [-0.15, -0.1) is 0 Å². The fourth-order valence-corrected chi connectivity index (χ4v) is 1.69. The molecular weight excluding hydrogens is 255 g/mol. The van der Waals surface area contributed by atoms with Crippen molar-refractivity contribution in [2.24, 2.45) is 0 Å². The number of halogens is 1. The van der Waals surface area contributed by atoms with Crippen molar-refractivity contribution in [2.75, 3.05) is 6.54 Å². The van der Waals surface area contributed by atoms with Gasteiger partial charge in [0.2, 0.25) is 5.91 Å². The van der Waals surface area contributed by atoms with E-state index >= 15 is 0 Å². The molecule has 102 valence electrons. The highest BCUT2D eigenvalue weighted by molar-refractivity contribution is 5.91. The second-order valence-electron chi connectivity index (χ2n) is 4.29. The van der Waals surface area contributed by atoms with Crippen molar-refractivity contribution < 1.29 is 9.18 Å². The molecule has 0 fully saturated rings. The molecule has 1 heterocycles. The third-order valence-corrected chi connectivity index (χ3v) is 2.74. The van der Waals surface area contributed by atoms with Gasteiger partial charge in [-0.3, -0.25) is 9.78 Å². The van der Waals surface area contributed by atoms with Crippen LogP contribution in [-0.2, 0) is 11.2 Å². The lowest BCUT2D eigenvalue weighted by molar-refractivity contribution is -0.116. The first-order valence-electron chi connectivity index (χ1n) is 6.34. The predicted molar refractivity (Wildman–Crippen MR) is 76.4 cm³/mol. The fourth-order valence-electron chi connectivity index (χ4n) is 1.69. The van der Waals surface area contributed by atoms with Gasteiger partial charge in [0.1, 0.15) is 5.82 Å². The number of nitrogens with one attached hydrogen (secondary N) is 1. The van der Waals surface area contributed by atoms with Crippen LogP contribution in [-0.4, -0.2) is 17.4 Å². The molecule has 0 radical (unpaired) electrons. The molecule has 0 unspecified atom stereocenters. The molecule has 0 saturated carbocycles. The number of amides is 1. The second kappa shape index (κ2) is 7.19. The Bertz CT molecular complexity index is 579. The van der Waals surface area contributed by atoms with Gasteiger partial charge in [-0.2, -0.15) is 0 Å². The van der Waals surface area contributed by atoms with Crippen molar-refractivity contribution in [3.05, 3.63) is 71.8 Å². The molecule has 3 nitrogen and oxygen atoms in total. The van der Waals surface area contributed by atoms with Crippen molar-refractivity contribution in [1.82, 2.24) is 10.3 Å². The quantitative estimate of drug-likeness (QED) is 0.848. The summed E-state index contributed by atoms with van der Waals surface area (Å²) in [4.78, 5) is 15.5. The van der Waals surface area contributed by atoms with Crippen LogP contribution in [0.4, 0.5) is 4.39 Å². The highest BCUT2D eigenvalue weighted by atomic mass is 19.1. The molecule has 0 spiro atoms. The van der Waals surface area contributed by atoms with Gasteiger partial charge in [0, 0.05) is 25.0 Å². The molecular formula is C16H15FN2O. The van der Waals surface area contributed by atoms with Gasteiger partial charge in [-0.05, 0) is 41.8 Å². The van der Waals surface area contributed by atoms with Crippen LogP contribution in [0.3, 0.4) is 0 Å². The third-order valence-electron chi connectivity index (χ3n) is 2.74. The van der Waals surface area contributed by atoms with Crippen molar-refractivity contribution in [2.45, 2.75) is 6.42 Å². The first-order valence-corrected chi connectivity index (χ1v) is 6.34. The standard InChI is InChI=1S/C16H15FN2O/c17-15-6-3-13(4-7-15)9-11-19-16(20)8-5-14-2-1-10-18-12-14/h1-8,10,12H,9,11H2,(H,19,20). The molecule has 1 aromatic heterocycles. The highest BCUT2D eigenvalue weighted by Crippen LogP contribution is 2.03. The zero-order valence-electron chi connectivity index (χ0n) is 10.9. The largest absolute Gasteiger partial charge is 0.352 e. The minimum absolute atomic E-state index is 0.157. The third kappa shape index (κ3) is 4.65. The van der Waals surface area contributed by atoms with Crippen LogP contribution in [0.5, 0.6) is 0 Å². The lowest BCUT2D eigenvalue weighted by Crippen LogP contribution is -2.23. The van der Waals surface area contributed by atoms with Crippen LogP contribution >= 0.6 is 0 Å². The Labute approximate surface area is 117 Å². The minimum atomic E-state index is -0.253. The molecule has 0 bridgehead atoms. The summed E-state index contributed by atoms with van der Waals surface area (Å²) in [5.41, 5.74) is 1.86. The number of carbonyl (C=O) groups excluding carboxylic acids is 1. The van der Waals surface area contributed by atoms with E-state index in [1.54, 1.807) is 30.6 Å². The Morgan fingerprint density at radius 2 is 2.05 bits per heavy atom. The Morgan fingerprint density at radius 3 is 2.75 bits per heavy atom. The maximum absolute atomic E-state index is 12.7. The van der Waals surface area contributed by atoms with Crippen LogP contribution < -0.4 is 5.32 Å². The average molecular weight is 270 g/mol. The molecule has 1 aromatic carbocycles. The van der Waals surface area contributed by atoms with Gasteiger partial charge in [0.25, 0.3) is 0 Å². The lowest BCUT2D eigenvalue weighted by Gasteiger charge is -2.02. The Hall–Kier alpha value is -2.49. The number of rotatable bonds is 5. The molecule has 1 amide bonds. The number of hydrogen-bond acceptors (Lipinski definition) is 2. The number of nitrogens with zero attached hydrogens (tertiary/aromatic N) is 1. The Kier molecular flexibility index (Phi) is 5.00. The van der Waals surface area contributed by atoms with Gasteiger partial charge >= 0.3 is 0 Å². The second-order valence-corrected chi connectivity index (χ2v) is 4.29. The summed E-state index contributed by atoms with van der Waals surface area (Å²) in [5.74, 6) is -0.409. The molecule has 0 aliphatic carbocycles. The van der Waals surface area contributed by atoms with Crippen LogP contribution in [0, 0.1) is 5.82 Å². The van der Waals surface area contributed by atoms with Gasteiger partial charge in [0.15, 0.2) is 0 Å². The van der Waals surface area contributed by atoms with Crippen molar-refractivity contribution >= 4 is 12.0 Å². The van der Waals surface area contributed by atoms with Gasteiger partial charge in [0.05, 0.1) is 0 Å². The zero-order valence-corrected chi connectivity index (χ0v) is 10.9. The van der Waals surface area contributed by atoms with E-state index in [0.29, 0.717) is 13.0 Å². The highest BCUT2D eigenvalue weighted by Gasteiger charge is 1.97. The first-order chi connectivity index (χ1) is 9.74. The average Bonchev–Trinajstić information content (AvgIpc) is 2.48. The van der Waals surface area contributed by atoms with E-state index in [-0.39, 0.29) is 11.7 Å². The number of aromatic nitrogens is 1. The van der Waals surface area contributed by atoms with E-state index in [0.717, 1.165) is 11.1 Å². The molecule has 0 atom stereocenters. The van der Waals surface area contributed by atoms with Crippen LogP contribution in [0.1, 0.15) is 11.1 Å². The molecule has 0 aliphatic heterocycles. The Balaban J connectivity index is 1.75. The van der Waals surface area contributed by atoms with E-state index in [1.807, 2.05) is 12.1 Å². The van der Waals surface area contributed by atoms with E-state index < -0.39 is 0 Å². The summed E-state index contributed by atoms with van der Waals surface area (Å²) in [7, 11) is 0. The summed E-state index contributed by atoms with van der Waals surface area (Å²) in [6.07, 6.45) is 7.22. The molecule has 0 saturated heterocycles.